The lowest BCUT2D eigenvalue weighted by Gasteiger charge is -2.09. The molecule has 0 aliphatic rings. The van der Waals surface area contributed by atoms with E-state index in [1.54, 1.807) is 29.5 Å². The smallest absolute Gasteiger partial charge is 0.262 e. The monoisotopic (exact) mass is 383 g/mol. The van der Waals surface area contributed by atoms with Crippen molar-refractivity contribution in [2.45, 2.75) is 6.92 Å². The van der Waals surface area contributed by atoms with Gasteiger partial charge in [0.1, 0.15) is 5.75 Å². The van der Waals surface area contributed by atoms with Crippen molar-refractivity contribution in [2.24, 2.45) is 0 Å². The topological polar surface area (TPSA) is 75.0 Å². The van der Waals surface area contributed by atoms with E-state index < -0.39 is 0 Å². The maximum absolute atomic E-state index is 12.1. The van der Waals surface area contributed by atoms with E-state index in [0.717, 1.165) is 16.3 Å². The Hall–Kier alpha value is -2.88. The highest BCUT2D eigenvalue weighted by Crippen LogP contribution is 2.26. The summed E-state index contributed by atoms with van der Waals surface area (Å²) < 4.78 is 5.42. The molecule has 0 spiro atoms. The summed E-state index contributed by atoms with van der Waals surface area (Å²) in [7, 11) is 0. The second-order valence-electron chi connectivity index (χ2n) is 5.43. The van der Waals surface area contributed by atoms with Gasteiger partial charge in [-0.3, -0.25) is 4.79 Å². The zero-order valence-electron chi connectivity index (χ0n) is 13.8. The number of nitrogens with one attached hydrogen (secondary N) is 1. The van der Waals surface area contributed by atoms with E-state index in [1.165, 1.54) is 6.07 Å². The maximum atomic E-state index is 12.1. The molecule has 0 fully saturated rings. The summed E-state index contributed by atoms with van der Waals surface area (Å²) in [6.07, 6.45) is 0. The van der Waals surface area contributed by atoms with Gasteiger partial charge in [-0.25, -0.2) is 4.98 Å². The number of rotatable bonds is 5. The minimum absolute atomic E-state index is 0.189. The van der Waals surface area contributed by atoms with E-state index in [-0.39, 0.29) is 17.5 Å². The van der Waals surface area contributed by atoms with Crippen molar-refractivity contribution in [3.05, 3.63) is 63.4 Å². The van der Waals surface area contributed by atoms with E-state index in [1.807, 2.05) is 36.6 Å². The van der Waals surface area contributed by atoms with Crippen LogP contribution in [0, 0.1) is 18.3 Å². The fourth-order valence-electron chi connectivity index (χ4n) is 2.28. The van der Waals surface area contributed by atoms with E-state index >= 15 is 0 Å². The Balaban J connectivity index is 1.63. The minimum atomic E-state index is -0.308. The number of aromatic nitrogens is 1. The Morgan fingerprint density at radius 3 is 2.88 bits per heavy atom. The normalized spacial score (nSPS) is 10.2. The first-order valence-corrected chi connectivity index (χ1v) is 8.96. The van der Waals surface area contributed by atoms with Gasteiger partial charge in [0, 0.05) is 16.6 Å². The predicted octanol–water partition coefficient (Wildman–Crippen LogP) is 4.66. The highest BCUT2D eigenvalue weighted by atomic mass is 35.5. The number of anilines is 1. The van der Waals surface area contributed by atoms with Crippen molar-refractivity contribution < 1.29 is 9.53 Å². The van der Waals surface area contributed by atoms with Gasteiger partial charge in [0.25, 0.3) is 5.91 Å². The SMILES string of the molecule is Cc1nc(-c2cccc(NC(=O)COc3ccc(C#N)cc3Cl)c2)cs1. The molecule has 130 valence electrons. The van der Waals surface area contributed by atoms with Gasteiger partial charge < -0.3 is 10.1 Å². The van der Waals surface area contributed by atoms with E-state index in [0.29, 0.717) is 17.0 Å². The molecule has 3 aromatic rings. The molecule has 0 saturated carbocycles. The van der Waals surface area contributed by atoms with Crippen LogP contribution in [0.3, 0.4) is 0 Å². The van der Waals surface area contributed by atoms with Gasteiger partial charge in [-0.15, -0.1) is 11.3 Å². The predicted molar refractivity (Wildman–Crippen MR) is 103 cm³/mol. The van der Waals surface area contributed by atoms with Crippen molar-refractivity contribution in [2.75, 3.05) is 11.9 Å². The average molecular weight is 384 g/mol. The third kappa shape index (κ3) is 4.39. The summed E-state index contributed by atoms with van der Waals surface area (Å²) in [5.41, 5.74) is 2.90. The number of nitriles is 1. The van der Waals surface area contributed by atoms with Crippen molar-refractivity contribution in [3.63, 3.8) is 0 Å². The molecule has 26 heavy (non-hydrogen) atoms. The number of benzene rings is 2. The lowest BCUT2D eigenvalue weighted by Crippen LogP contribution is -2.20. The number of ether oxygens (including phenoxy) is 1. The first-order valence-electron chi connectivity index (χ1n) is 7.70. The molecule has 0 atom stereocenters. The number of amides is 1. The summed E-state index contributed by atoms with van der Waals surface area (Å²) in [5.74, 6) is 0.0459. The molecular formula is C19H14ClN3O2S. The van der Waals surface area contributed by atoms with E-state index in [4.69, 9.17) is 21.6 Å². The molecule has 1 aromatic heterocycles. The largest absolute Gasteiger partial charge is 0.482 e. The first-order chi connectivity index (χ1) is 12.5. The van der Waals surface area contributed by atoms with Crippen LogP contribution in [0.25, 0.3) is 11.3 Å². The molecule has 1 N–H and O–H groups in total. The highest BCUT2D eigenvalue weighted by molar-refractivity contribution is 7.09. The molecule has 7 heteroatoms. The Morgan fingerprint density at radius 2 is 2.19 bits per heavy atom. The lowest BCUT2D eigenvalue weighted by molar-refractivity contribution is -0.118. The number of hydrogen-bond donors (Lipinski definition) is 1. The summed E-state index contributed by atoms with van der Waals surface area (Å²) in [5, 5.41) is 14.9. The summed E-state index contributed by atoms with van der Waals surface area (Å²) in [6, 6.07) is 14.1. The van der Waals surface area contributed by atoms with Crippen molar-refractivity contribution in [1.82, 2.24) is 4.98 Å². The van der Waals surface area contributed by atoms with Gasteiger partial charge in [0.2, 0.25) is 0 Å². The lowest BCUT2D eigenvalue weighted by atomic mass is 10.1. The van der Waals surface area contributed by atoms with Crippen LogP contribution in [0.2, 0.25) is 5.02 Å². The highest BCUT2D eigenvalue weighted by Gasteiger charge is 2.09. The summed E-state index contributed by atoms with van der Waals surface area (Å²) in [4.78, 5) is 16.6. The van der Waals surface area contributed by atoms with Crippen LogP contribution in [0.1, 0.15) is 10.6 Å². The Labute approximate surface area is 159 Å². The molecule has 0 aliphatic carbocycles. The molecule has 0 radical (unpaired) electrons. The number of thiazole rings is 1. The second-order valence-corrected chi connectivity index (χ2v) is 6.90. The first kappa shape index (κ1) is 17.9. The Bertz CT molecular complexity index is 994. The molecule has 5 nitrogen and oxygen atoms in total. The molecular weight excluding hydrogens is 370 g/mol. The fraction of sp³-hybridized carbons (Fsp3) is 0.105. The second kappa shape index (κ2) is 8.00. The number of carbonyl (C=O) groups is 1. The fourth-order valence-corrected chi connectivity index (χ4v) is 3.14. The van der Waals surface area contributed by atoms with Gasteiger partial charge in [-0.05, 0) is 37.3 Å². The molecule has 3 rings (SSSR count). The standard InChI is InChI=1S/C19H14ClN3O2S/c1-12-22-17(11-26-12)14-3-2-4-15(8-14)23-19(24)10-25-18-6-5-13(9-21)7-16(18)20/h2-8,11H,10H2,1H3,(H,23,24). The molecule has 2 aromatic carbocycles. The zero-order chi connectivity index (χ0) is 18.5. The van der Waals surface area contributed by atoms with Crippen LogP contribution < -0.4 is 10.1 Å². The molecule has 1 amide bonds. The van der Waals surface area contributed by atoms with Crippen molar-refractivity contribution in [3.8, 4) is 23.1 Å². The molecule has 0 bridgehead atoms. The van der Waals surface area contributed by atoms with Crippen LogP contribution in [0.15, 0.2) is 47.8 Å². The number of carbonyl (C=O) groups excluding carboxylic acids is 1. The van der Waals surface area contributed by atoms with Crippen molar-refractivity contribution >= 4 is 34.5 Å². The van der Waals surface area contributed by atoms with Gasteiger partial charge >= 0.3 is 0 Å². The maximum Gasteiger partial charge on any atom is 0.262 e. The van der Waals surface area contributed by atoms with E-state index in [9.17, 15) is 4.79 Å². The molecule has 1 heterocycles. The average Bonchev–Trinajstić information content (AvgIpc) is 3.07. The Morgan fingerprint density at radius 1 is 1.35 bits per heavy atom. The molecule has 0 unspecified atom stereocenters. The van der Waals surface area contributed by atoms with Crippen LogP contribution in [-0.2, 0) is 4.79 Å². The third-order valence-electron chi connectivity index (χ3n) is 3.48. The van der Waals surface area contributed by atoms with Gasteiger partial charge in [0.05, 0.1) is 27.4 Å². The van der Waals surface area contributed by atoms with Crippen LogP contribution in [-0.4, -0.2) is 17.5 Å². The minimum Gasteiger partial charge on any atom is -0.482 e. The molecule has 0 saturated heterocycles. The van der Waals surface area contributed by atoms with Gasteiger partial charge in [0.15, 0.2) is 6.61 Å². The zero-order valence-corrected chi connectivity index (χ0v) is 15.4. The van der Waals surface area contributed by atoms with E-state index in [2.05, 4.69) is 10.3 Å². The van der Waals surface area contributed by atoms with Gasteiger partial charge in [-0.1, -0.05) is 23.7 Å². The molecule has 0 aliphatic heterocycles. The van der Waals surface area contributed by atoms with Crippen LogP contribution in [0.4, 0.5) is 5.69 Å². The number of aryl methyl sites for hydroxylation is 1. The summed E-state index contributed by atoms with van der Waals surface area (Å²) in [6.45, 7) is 1.76. The number of halogens is 1. The Kier molecular flexibility index (Phi) is 5.52. The third-order valence-corrected chi connectivity index (χ3v) is 4.55. The van der Waals surface area contributed by atoms with Gasteiger partial charge in [-0.2, -0.15) is 5.26 Å². The number of hydrogen-bond acceptors (Lipinski definition) is 5. The van der Waals surface area contributed by atoms with Crippen molar-refractivity contribution in [1.29, 1.82) is 5.26 Å². The summed E-state index contributed by atoms with van der Waals surface area (Å²) >= 11 is 7.61. The van der Waals surface area contributed by atoms with Crippen LogP contribution in [0.5, 0.6) is 5.75 Å². The number of nitrogens with zero attached hydrogens (tertiary/aromatic N) is 2. The van der Waals surface area contributed by atoms with Crippen LogP contribution >= 0.6 is 22.9 Å². The quantitative estimate of drug-likeness (QED) is 0.695.